The Morgan fingerprint density at radius 3 is 2.71 bits per heavy atom. The number of hydrogen-bond acceptors (Lipinski definition) is 5. The Morgan fingerprint density at radius 2 is 1.94 bits per heavy atom. The van der Waals surface area contributed by atoms with Crippen molar-refractivity contribution in [2.45, 2.75) is 39.7 Å². The highest BCUT2D eigenvalue weighted by Gasteiger charge is 2.28. The molecule has 7 nitrogen and oxygen atoms in total. The van der Waals surface area contributed by atoms with Crippen LogP contribution in [-0.2, 0) is 17.8 Å². The van der Waals surface area contributed by atoms with Crippen LogP contribution in [0.1, 0.15) is 32.3 Å². The number of carbonyl (C=O) groups is 1. The molecule has 1 aromatic heterocycles. The summed E-state index contributed by atoms with van der Waals surface area (Å²) >= 11 is 0. The fourth-order valence-electron chi connectivity index (χ4n) is 4.73. The van der Waals surface area contributed by atoms with Crippen molar-refractivity contribution in [3.05, 3.63) is 48.0 Å². The molecule has 1 amide bonds. The average molecular weight is 465 g/mol. The summed E-state index contributed by atoms with van der Waals surface area (Å²) in [5, 5.41) is 3.15. The zero-order chi connectivity index (χ0) is 24.1. The molecule has 0 radical (unpaired) electrons. The maximum absolute atomic E-state index is 13.0. The second-order valence-electron chi connectivity index (χ2n) is 9.42. The normalized spacial score (nSPS) is 16.1. The van der Waals surface area contributed by atoms with Gasteiger partial charge >= 0.3 is 0 Å². The molecule has 2 heterocycles. The molecule has 34 heavy (non-hydrogen) atoms. The van der Waals surface area contributed by atoms with E-state index >= 15 is 0 Å². The number of anilines is 1. The zero-order valence-electron chi connectivity index (χ0n) is 20.7. The second-order valence-corrected chi connectivity index (χ2v) is 9.42. The van der Waals surface area contributed by atoms with Gasteiger partial charge in [-0.2, -0.15) is 0 Å². The highest BCUT2D eigenvalue weighted by molar-refractivity contribution is 5.81. The molecule has 1 atom stereocenters. The van der Waals surface area contributed by atoms with Gasteiger partial charge in [-0.15, -0.1) is 0 Å². The van der Waals surface area contributed by atoms with E-state index in [0.717, 1.165) is 54.9 Å². The molecule has 2 aromatic carbocycles. The number of fused-ring (bicyclic) bond motifs is 1. The fraction of sp³-hybridized carbons (Fsp3) is 0.481. The molecule has 1 aliphatic rings. The van der Waals surface area contributed by atoms with Gasteiger partial charge in [0.05, 0.1) is 31.2 Å². The highest BCUT2D eigenvalue weighted by Crippen LogP contribution is 2.29. The second kappa shape index (κ2) is 10.8. The predicted octanol–water partition coefficient (Wildman–Crippen LogP) is 4.28. The van der Waals surface area contributed by atoms with Crippen LogP contribution in [0.25, 0.3) is 11.0 Å². The quantitative estimate of drug-likeness (QED) is 0.512. The van der Waals surface area contributed by atoms with Crippen LogP contribution in [0, 0.1) is 11.8 Å². The summed E-state index contributed by atoms with van der Waals surface area (Å²) in [4.78, 5) is 20.3. The third kappa shape index (κ3) is 5.29. The number of nitrogens with one attached hydrogen (secondary N) is 1. The van der Waals surface area contributed by atoms with Gasteiger partial charge in [0.25, 0.3) is 0 Å². The van der Waals surface area contributed by atoms with Crippen LogP contribution in [0.5, 0.6) is 11.5 Å². The molecule has 0 aliphatic carbocycles. The summed E-state index contributed by atoms with van der Waals surface area (Å²) in [6.45, 7) is 7.58. The smallest absolute Gasteiger partial charge is 0.224 e. The number of methoxy groups -OCH3 is 2. The first-order valence-electron chi connectivity index (χ1n) is 12.2. The number of benzene rings is 2. The molecule has 0 saturated carbocycles. The van der Waals surface area contributed by atoms with Gasteiger partial charge < -0.3 is 24.3 Å². The maximum Gasteiger partial charge on any atom is 0.224 e. The molecule has 0 spiro atoms. The Morgan fingerprint density at radius 1 is 1.15 bits per heavy atom. The molecule has 7 heteroatoms. The minimum atomic E-state index is -0.0357. The zero-order valence-corrected chi connectivity index (χ0v) is 20.7. The lowest BCUT2D eigenvalue weighted by Crippen LogP contribution is -2.44. The molecule has 0 bridgehead atoms. The van der Waals surface area contributed by atoms with Crippen LogP contribution in [0.3, 0.4) is 0 Å². The van der Waals surface area contributed by atoms with E-state index in [-0.39, 0.29) is 11.8 Å². The molecular weight excluding hydrogens is 428 g/mol. The molecule has 1 unspecified atom stereocenters. The molecule has 1 aliphatic heterocycles. The van der Waals surface area contributed by atoms with Crippen LogP contribution in [0.15, 0.2) is 42.5 Å². The van der Waals surface area contributed by atoms with E-state index in [1.54, 1.807) is 14.2 Å². The average Bonchev–Trinajstić information content (AvgIpc) is 3.21. The van der Waals surface area contributed by atoms with Gasteiger partial charge in [-0.25, -0.2) is 4.98 Å². The van der Waals surface area contributed by atoms with Crippen LogP contribution < -0.4 is 19.7 Å². The predicted molar refractivity (Wildman–Crippen MR) is 136 cm³/mol. The van der Waals surface area contributed by atoms with Gasteiger partial charge in [0.15, 0.2) is 11.5 Å². The minimum absolute atomic E-state index is 0.0357. The topological polar surface area (TPSA) is 68.6 Å². The highest BCUT2D eigenvalue weighted by atomic mass is 16.5. The summed E-state index contributed by atoms with van der Waals surface area (Å²) in [6, 6.07) is 14.2. The number of carbonyl (C=O) groups excluding carboxylic acids is 1. The summed E-state index contributed by atoms with van der Waals surface area (Å²) in [5.41, 5.74) is 3.28. The van der Waals surface area contributed by atoms with Crippen molar-refractivity contribution in [1.29, 1.82) is 0 Å². The molecule has 1 saturated heterocycles. The van der Waals surface area contributed by atoms with Gasteiger partial charge in [-0.1, -0.05) is 32.0 Å². The van der Waals surface area contributed by atoms with Crippen molar-refractivity contribution >= 4 is 22.9 Å². The van der Waals surface area contributed by atoms with Crippen molar-refractivity contribution in [1.82, 2.24) is 14.9 Å². The number of nitrogens with zero attached hydrogens (tertiary/aromatic N) is 3. The Labute approximate surface area is 202 Å². The third-order valence-corrected chi connectivity index (χ3v) is 6.42. The fourth-order valence-corrected chi connectivity index (χ4v) is 4.73. The van der Waals surface area contributed by atoms with Crippen LogP contribution in [0.2, 0.25) is 0 Å². The minimum Gasteiger partial charge on any atom is -0.493 e. The Balaban J connectivity index is 1.40. The number of para-hydroxylation sites is 2. The van der Waals surface area contributed by atoms with Crippen molar-refractivity contribution in [2.75, 3.05) is 38.8 Å². The van der Waals surface area contributed by atoms with Crippen LogP contribution >= 0.6 is 0 Å². The molecular formula is C27H36N4O3. The lowest BCUT2D eigenvalue weighted by atomic mass is 9.97. The van der Waals surface area contributed by atoms with Gasteiger partial charge in [-0.3, -0.25) is 4.79 Å². The van der Waals surface area contributed by atoms with E-state index in [9.17, 15) is 4.79 Å². The third-order valence-electron chi connectivity index (χ3n) is 6.42. The standard InChI is InChI=1S/C27H36N4O3/c1-19(2)17-31-23-10-6-5-9-22(23)29-27(31)30-15-7-8-21(18-30)26(32)28-14-13-20-11-12-24(33-3)25(16-20)34-4/h5-6,9-12,16,19,21H,7-8,13-15,17-18H2,1-4H3,(H,28,32). The number of piperidine rings is 1. The van der Waals surface area contributed by atoms with E-state index in [0.29, 0.717) is 30.5 Å². The van der Waals surface area contributed by atoms with E-state index < -0.39 is 0 Å². The van der Waals surface area contributed by atoms with Gasteiger partial charge in [0.2, 0.25) is 11.9 Å². The first-order chi connectivity index (χ1) is 16.5. The van der Waals surface area contributed by atoms with Gasteiger partial charge in [0.1, 0.15) is 0 Å². The van der Waals surface area contributed by atoms with Crippen molar-refractivity contribution in [3.63, 3.8) is 0 Å². The van der Waals surface area contributed by atoms with Gasteiger partial charge in [-0.05, 0) is 55.0 Å². The van der Waals surface area contributed by atoms with Crippen LogP contribution in [-0.4, -0.2) is 49.3 Å². The van der Waals surface area contributed by atoms with E-state index in [4.69, 9.17) is 14.5 Å². The largest absolute Gasteiger partial charge is 0.493 e. The van der Waals surface area contributed by atoms with Gasteiger partial charge in [0, 0.05) is 26.2 Å². The Kier molecular flexibility index (Phi) is 7.60. The Bertz CT molecular complexity index is 1120. The Hall–Kier alpha value is -3.22. The van der Waals surface area contributed by atoms with Crippen LogP contribution in [0.4, 0.5) is 5.95 Å². The monoisotopic (exact) mass is 464 g/mol. The number of hydrogen-bond donors (Lipinski definition) is 1. The summed E-state index contributed by atoms with van der Waals surface area (Å²) in [7, 11) is 3.26. The SMILES string of the molecule is COc1ccc(CCNC(=O)C2CCCN(c3nc4ccccc4n3CC(C)C)C2)cc1OC. The molecule has 182 valence electrons. The summed E-state index contributed by atoms with van der Waals surface area (Å²) in [5.74, 6) is 3.00. The number of aromatic nitrogens is 2. The van der Waals surface area contributed by atoms with E-state index in [2.05, 4.69) is 46.8 Å². The first-order valence-corrected chi connectivity index (χ1v) is 12.2. The van der Waals surface area contributed by atoms with E-state index in [1.807, 2.05) is 24.3 Å². The van der Waals surface area contributed by atoms with Crippen molar-refractivity contribution < 1.29 is 14.3 Å². The lowest BCUT2D eigenvalue weighted by Gasteiger charge is -2.33. The molecule has 1 fully saturated rings. The number of amides is 1. The molecule has 3 aromatic rings. The summed E-state index contributed by atoms with van der Waals surface area (Å²) in [6.07, 6.45) is 2.63. The number of ether oxygens (including phenoxy) is 2. The van der Waals surface area contributed by atoms with Crippen molar-refractivity contribution in [2.24, 2.45) is 11.8 Å². The first kappa shape index (κ1) is 23.9. The number of imidazole rings is 1. The molecule has 4 rings (SSSR count). The molecule has 1 N–H and O–H groups in total. The number of rotatable bonds is 9. The lowest BCUT2D eigenvalue weighted by molar-refractivity contribution is -0.125. The van der Waals surface area contributed by atoms with E-state index in [1.165, 1.54) is 0 Å². The summed E-state index contributed by atoms with van der Waals surface area (Å²) < 4.78 is 13.0. The van der Waals surface area contributed by atoms with Crippen molar-refractivity contribution in [3.8, 4) is 11.5 Å². The maximum atomic E-state index is 13.0.